The Kier molecular flexibility index (Phi) is 3.91. The molecule has 2 amide bonds. The predicted molar refractivity (Wildman–Crippen MR) is 90.9 cm³/mol. The van der Waals surface area contributed by atoms with E-state index in [1.54, 1.807) is 13.1 Å². The van der Waals surface area contributed by atoms with E-state index in [-0.39, 0.29) is 24.1 Å². The van der Waals surface area contributed by atoms with Gasteiger partial charge in [0.25, 0.3) is 0 Å². The van der Waals surface area contributed by atoms with E-state index in [9.17, 15) is 9.59 Å². The maximum atomic E-state index is 15.2. The zero-order valence-corrected chi connectivity index (χ0v) is 14.0. The summed E-state index contributed by atoms with van der Waals surface area (Å²) in [5.74, 6) is -1.46. The van der Waals surface area contributed by atoms with Gasteiger partial charge in [0.2, 0.25) is 11.8 Å². The molecule has 3 heterocycles. The minimum absolute atomic E-state index is 0.270. The Morgan fingerprint density at radius 3 is 2.72 bits per heavy atom. The lowest BCUT2D eigenvalue weighted by molar-refractivity contribution is -0.134. The Balaban J connectivity index is 1.77. The van der Waals surface area contributed by atoms with Crippen LogP contribution in [-0.4, -0.2) is 47.8 Å². The summed E-state index contributed by atoms with van der Waals surface area (Å²) >= 11 is 0. The van der Waals surface area contributed by atoms with Gasteiger partial charge in [0, 0.05) is 45.0 Å². The molecular formula is C17H20FN5O2. The third-order valence-electron chi connectivity index (χ3n) is 4.98. The molecule has 2 aliphatic rings. The smallest absolute Gasteiger partial charge is 0.235 e. The highest BCUT2D eigenvalue weighted by molar-refractivity contribution is 6.02. The van der Waals surface area contributed by atoms with Crippen LogP contribution in [0, 0.1) is 5.82 Å². The van der Waals surface area contributed by atoms with E-state index >= 15 is 4.39 Å². The second-order valence-corrected chi connectivity index (χ2v) is 6.54. The molecule has 0 bridgehead atoms. The number of fused-ring (bicyclic) bond motifs is 1. The summed E-state index contributed by atoms with van der Waals surface area (Å²) in [5.41, 5.74) is 1.50. The van der Waals surface area contributed by atoms with Gasteiger partial charge in [0.1, 0.15) is 5.52 Å². The van der Waals surface area contributed by atoms with Gasteiger partial charge in [-0.3, -0.25) is 19.6 Å². The quantitative estimate of drug-likeness (QED) is 0.781. The summed E-state index contributed by atoms with van der Waals surface area (Å²) < 4.78 is 16.7. The molecule has 1 aromatic heterocycles. The average molecular weight is 345 g/mol. The van der Waals surface area contributed by atoms with Crippen molar-refractivity contribution in [3.05, 3.63) is 23.6 Å². The largest absolute Gasteiger partial charge is 0.367 e. The van der Waals surface area contributed by atoms with Gasteiger partial charge < -0.3 is 10.2 Å². The number of halogens is 1. The molecule has 2 aromatic rings. The number of imide groups is 1. The molecule has 2 saturated heterocycles. The number of amides is 2. The van der Waals surface area contributed by atoms with Crippen molar-refractivity contribution in [2.24, 2.45) is 7.05 Å². The van der Waals surface area contributed by atoms with Gasteiger partial charge in [-0.15, -0.1) is 0 Å². The number of hydrogen-bond donors (Lipinski definition) is 2. The molecule has 2 aliphatic heterocycles. The Morgan fingerprint density at radius 2 is 2.00 bits per heavy atom. The van der Waals surface area contributed by atoms with Crippen LogP contribution in [0.1, 0.15) is 24.5 Å². The van der Waals surface area contributed by atoms with Crippen LogP contribution in [0.25, 0.3) is 10.9 Å². The number of piperazine rings is 1. The van der Waals surface area contributed by atoms with E-state index in [1.807, 2.05) is 11.0 Å². The van der Waals surface area contributed by atoms with Crippen molar-refractivity contribution in [3.63, 3.8) is 0 Å². The number of piperidine rings is 1. The molecule has 2 fully saturated rings. The number of nitrogens with one attached hydrogen (secondary N) is 2. The number of anilines is 1. The van der Waals surface area contributed by atoms with Crippen molar-refractivity contribution in [3.8, 4) is 0 Å². The molecule has 0 spiro atoms. The molecule has 1 atom stereocenters. The van der Waals surface area contributed by atoms with Crippen molar-refractivity contribution in [1.82, 2.24) is 20.4 Å². The SMILES string of the molecule is Cn1nc(C2CCC(=O)NC2=O)c2ccc(N3CCNCC3)c(F)c21. The van der Waals surface area contributed by atoms with E-state index in [0.717, 1.165) is 26.2 Å². The highest BCUT2D eigenvalue weighted by Gasteiger charge is 2.32. The highest BCUT2D eigenvalue weighted by Crippen LogP contribution is 2.34. The summed E-state index contributed by atoms with van der Waals surface area (Å²) in [6, 6.07) is 3.60. The summed E-state index contributed by atoms with van der Waals surface area (Å²) in [4.78, 5) is 25.5. The first kappa shape index (κ1) is 16.0. The Hall–Kier alpha value is -2.48. The van der Waals surface area contributed by atoms with Crippen molar-refractivity contribution in [2.45, 2.75) is 18.8 Å². The Labute approximate surface area is 144 Å². The van der Waals surface area contributed by atoms with Crippen molar-refractivity contribution in [2.75, 3.05) is 31.1 Å². The number of carbonyl (C=O) groups is 2. The molecule has 2 N–H and O–H groups in total. The van der Waals surface area contributed by atoms with E-state index in [1.165, 1.54) is 4.68 Å². The van der Waals surface area contributed by atoms with E-state index in [4.69, 9.17) is 0 Å². The molecule has 4 rings (SSSR count). The molecular weight excluding hydrogens is 325 g/mol. The minimum Gasteiger partial charge on any atom is -0.367 e. The van der Waals surface area contributed by atoms with Gasteiger partial charge in [-0.05, 0) is 18.6 Å². The zero-order chi connectivity index (χ0) is 17.6. The molecule has 8 heteroatoms. The lowest BCUT2D eigenvalue weighted by atomic mass is 9.92. The van der Waals surface area contributed by atoms with E-state index < -0.39 is 5.92 Å². The summed E-state index contributed by atoms with van der Waals surface area (Å²) in [6.07, 6.45) is 0.674. The van der Waals surface area contributed by atoms with Crippen LogP contribution in [0.4, 0.5) is 10.1 Å². The van der Waals surface area contributed by atoms with E-state index in [2.05, 4.69) is 15.7 Å². The lowest BCUT2D eigenvalue weighted by Gasteiger charge is -2.29. The number of nitrogens with zero attached hydrogens (tertiary/aromatic N) is 3. The first-order valence-corrected chi connectivity index (χ1v) is 8.50. The van der Waals surface area contributed by atoms with Crippen LogP contribution in [0.3, 0.4) is 0 Å². The fraction of sp³-hybridized carbons (Fsp3) is 0.471. The minimum atomic E-state index is -0.522. The van der Waals surface area contributed by atoms with Crippen molar-refractivity contribution >= 4 is 28.4 Å². The summed E-state index contributed by atoms with van der Waals surface area (Å²) in [6.45, 7) is 3.15. The third-order valence-corrected chi connectivity index (χ3v) is 4.98. The van der Waals surface area contributed by atoms with Crippen molar-refractivity contribution in [1.29, 1.82) is 0 Å². The van der Waals surface area contributed by atoms with E-state index in [0.29, 0.717) is 28.7 Å². The van der Waals surface area contributed by atoms with Crippen molar-refractivity contribution < 1.29 is 14.0 Å². The number of benzene rings is 1. The molecule has 132 valence electrons. The Bertz CT molecular complexity index is 856. The maximum absolute atomic E-state index is 15.2. The van der Waals surface area contributed by atoms with Gasteiger partial charge >= 0.3 is 0 Å². The number of rotatable bonds is 2. The lowest BCUT2D eigenvalue weighted by Crippen LogP contribution is -2.43. The monoisotopic (exact) mass is 345 g/mol. The number of aryl methyl sites for hydroxylation is 1. The number of hydrogen-bond acceptors (Lipinski definition) is 5. The van der Waals surface area contributed by atoms with Crippen LogP contribution in [0.15, 0.2) is 12.1 Å². The second kappa shape index (κ2) is 6.11. The van der Waals surface area contributed by atoms with Crippen LogP contribution >= 0.6 is 0 Å². The van der Waals surface area contributed by atoms with Crippen LogP contribution in [0.2, 0.25) is 0 Å². The molecule has 0 saturated carbocycles. The third kappa shape index (κ3) is 2.66. The molecule has 0 radical (unpaired) electrons. The van der Waals surface area contributed by atoms with Gasteiger partial charge in [-0.2, -0.15) is 5.10 Å². The van der Waals surface area contributed by atoms with Gasteiger partial charge in [0.05, 0.1) is 17.3 Å². The average Bonchev–Trinajstić information content (AvgIpc) is 2.93. The fourth-order valence-electron chi connectivity index (χ4n) is 3.70. The Morgan fingerprint density at radius 1 is 1.24 bits per heavy atom. The second-order valence-electron chi connectivity index (χ2n) is 6.54. The van der Waals surface area contributed by atoms with Crippen LogP contribution < -0.4 is 15.5 Å². The normalized spacial score (nSPS) is 21.7. The predicted octanol–water partition coefficient (Wildman–Crippen LogP) is 0.642. The van der Waals surface area contributed by atoms with Gasteiger partial charge in [-0.1, -0.05) is 0 Å². The zero-order valence-electron chi connectivity index (χ0n) is 14.0. The number of aromatic nitrogens is 2. The standard InChI is InChI=1S/C17H20FN5O2/c1-22-16-10(15(21-22)11-3-5-13(24)20-17(11)25)2-4-12(14(16)18)23-8-6-19-7-9-23/h2,4,11,19H,3,5-9H2,1H3,(H,20,24,25). The topological polar surface area (TPSA) is 79.3 Å². The molecule has 1 aromatic carbocycles. The van der Waals surface area contributed by atoms with Crippen LogP contribution in [-0.2, 0) is 16.6 Å². The number of carbonyl (C=O) groups excluding carboxylic acids is 2. The fourth-order valence-corrected chi connectivity index (χ4v) is 3.70. The maximum Gasteiger partial charge on any atom is 0.235 e. The van der Waals surface area contributed by atoms with Gasteiger partial charge in [-0.25, -0.2) is 4.39 Å². The summed E-state index contributed by atoms with van der Waals surface area (Å²) in [5, 5.41) is 10.6. The van der Waals surface area contributed by atoms with Crippen LogP contribution in [0.5, 0.6) is 0 Å². The first-order chi connectivity index (χ1) is 12.1. The molecule has 0 aliphatic carbocycles. The molecule has 7 nitrogen and oxygen atoms in total. The summed E-state index contributed by atoms with van der Waals surface area (Å²) in [7, 11) is 1.68. The molecule has 25 heavy (non-hydrogen) atoms. The highest BCUT2D eigenvalue weighted by atomic mass is 19.1. The van der Waals surface area contributed by atoms with Gasteiger partial charge in [0.15, 0.2) is 5.82 Å². The first-order valence-electron chi connectivity index (χ1n) is 8.50. The molecule has 1 unspecified atom stereocenters.